The molecule has 36 heavy (non-hydrogen) atoms. The number of aliphatic hydroxyl groups excluding tert-OH is 1. The number of allylic oxidation sites excluding steroid dienone is 2. The third kappa shape index (κ3) is 4.36. The van der Waals surface area contributed by atoms with Crippen LogP contribution in [0.25, 0.3) is 0 Å². The van der Waals surface area contributed by atoms with Crippen LogP contribution in [0.15, 0.2) is 47.1 Å². The monoisotopic (exact) mass is 494 g/mol. The second-order valence-electron chi connectivity index (χ2n) is 11.7. The number of amides is 1. The fourth-order valence-electron chi connectivity index (χ4n) is 7.93. The molecule has 1 aromatic rings. The van der Waals surface area contributed by atoms with Crippen molar-refractivity contribution in [2.45, 2.75) is 77.4 Å². The molecule has 194 valence electrons. The van der Waals surface area contributed by atoms with Crippen molar-refractivity contribution < 1.29 is 24.6 Å². The Labute approximate surface area is 213 Å². The summed E-state index contributed by atoms with van der Waals surface area (Å²) in [7, 11) is 0. The molecule has 5 rings (SSSR count). The summed E-state index contributed by atoms with van der Waals surface area (Å²) in [6.45, 7) is 4.41. The van der Waals surface area contributed by atoms with Crippen LogP contribution >= 0.6 is 0 Å². The van der Waals surface area contributed by atoms with E-state index in [0.717, 1.165) is 44.2 Å². The zero-order valence-corrected chi connectivity index (χ0v) is 21.3. The van der Waals surface area contributed by atoms with E-state index in [1.165, 1.54) is 18.4 Å². The van der Waals surface area contributed by atoms with Gasteiger partial charge in [-0.25, -0.2) is 4.79 Å². The van der Waals surface area contributed by atoms with Crippen molar-refractivity contribution in [3.63, 3.8) is 0 Å². The molecule has 7 heteroatoms. The number of oxime groups is 1. The number of carboxylic acids is 1. The fraction of sp³-hybridized carbons (Fsp3) is 0.621. The molecule has 3 N–H and O–H groups in total. The van der Waals surface area contributed by atoms with E-state index in [1.807, 2.05) is 0 Å². The van der Waals surface area contributed by atoms with Gasteiger partial charge in [0.05, 0.1) is 11.8 Å². The van der Waals surface area contributed by atoms with Crippen molar-refractivity contribution >= 4 is 17.6 Å². The maximum Gasteiger partial charge on any atom is 0.330 e. The van der Waals surface area contributed by atoms with Gasteiger partial charge in [-0.15, -0.1) is 0 Å². The van der Waals surface area contributed by atoms with Gasteiger partial charge in [0.15, 0.2) is 12.6 Å². The van der Waals surface area contributed by atoms with Crippen LogP contribution < -0.4 is 5.32 Å². The first-order valence-corrected chi connectivity index (χ1v) is 13.4. The van der Waals surface area contributed by atoms with E-state index in [4.69, 9.17) is 4.84 Å². The molecule has 0 radical (unpaired) electrons. The van der Waals surface area contributed by atoms with Gasteiger partial charge in [-0.05, 0) is 91.6 Å². The van der Waals surface area contributed by atoms with Gasteiger partial charge in [0.2, 0.25) is 0 Å². The van der Waals surface area contributed by atoms with Gasteiger partial charge in [-0.3, -0.25) is 4.79 Å². The van der Waals surface area contributed by atoms with Crippen molar-refractivity contribution in [3.05, 3.63) is 47.5 Å². The topological polar surface area (TPSA) is 108 Å². The highest BCUT2D eigenvalue weighted by Gasteiger charge is 2.58. The van der Waals surface area contributed by atoms with E-state index in [2.05, 4.69) is 30.4 Å². The summed E-state index contributed by atoms with van der Waals surface area (Å²) in [6.07, 6.45) is 10.5. The third-order valence-corrected chi connectivity index (χ3v) is 9.99. The van der Waals surface area contributed by atoms with Gasteiger partial charge >= 0.3 is 5.97 Å². The summed E-state index contributed by atoms with van der Waals surface area (Å²) < 4.78 is 0. The molecule has 7 atom stereocenters. The Morgan fingerprint density at radius 1 is 1.08 bits per heavy atom. The molecule has 0 aromatic heterocycles. The largest absolute Gasteiger partial charge is 0.479 e. The Morgan fingerprint density at radius 2 is 1.86 bits per heavy atom. The lowest BCUT2D eigenvalue weighted by molar-refractivity contribution is -0.142. The van der Waals surface area contributed by atoms with Gasteiger partial charge < -0.3 is 20.4 Å². The van der Waals surface area contributed by atoms with Crippen molar-refractivity contribution in [2.75, 3.05) is 6.61 Å². The van der Waals surface area contributed by atoms with Crippen molar-refractivity contribution in [1.29, 1.82) is 0 Å². The van der Waals surface area contributed by atoms with Gasteiger partial charge in [0.25, 0.3) is 5.91 Å². The Hall–Kier alpha value is -2.67. The highest BCUT2D eigenvalue weighted by molar-refractivity contribution is 5.96. The summed E-state index contributed by atoms with van der Waals surface area (Å²) in [6, 6.07) is 7.48. The quantitative estimate of drug-likeness (QED) is 0.500. The smallest absolute Gasteiger partial charge is 0.330 e. The number of fused-ring (bicyclic) bond motifs is 5. The summed E-state index contributed by atoms with van der Waals surface area (Å²) in [4.78, 5) is 29.3. The van der Waals surface area contributed by atoms with Crippen LogP contribution in [0.2, 0.25) is 0 Å². The third-order valence-electron chi connectivity index (χ3n) is 9.99. The minimum Gasteiger partial charge on any atom is -0.479 e. The normalized spacial score (nSPS) is 37.2. The van der Waals surface area contributed by atoms with Crippen LogP contribution in [-0.2, 0) is 14.4 Å². The Morgan fingerprint density at radius 3 is 2.61 bits per heavy atom. The first-order valence-electron chi connectivity index (χ1n) is 13.4. The average molecular weight is 495 g/mol. The van der Waals surface area contributed by atoms with Crippen LogP contribution in [0.3, 0.4) is 0 Å². The standard InChI is InChI=1S/C29H38N2O5/c1-28-14-12-20(31-36-17-25(33)30-26(27(34)35)18-6-4-3-5-7-18)16-19(28)8-9-21-22-10-11-24(32)29(22,2)15-13-23(21)28/h3-7,16,21-24,26,32H,8-15,17H2,1-2H3,(H,30,33)(H,34,35)/b31-20+/t21-,22-,23-,24+,26+,28-,29-/m0/s1. The summed E-state index contributed by atoms with van der Waals surface area (Å²) >= 11 is 0. The van der Waals surface area contributed by atoms with E-state index in [-0.39, 0.29) is 23.5 Å². The number of aliphatic carboxylic acids is 1. The highest BCUT2D eigenvalue weighted by atomic mass is 16.6. The van der Waals surface area contributed by atoms with E-state index in [1.54, 1.807) is 30.3 Å². The number of hydrogen-bond acceptors (Lipinski definition) is 5. The molecule has 0 unspecified atom stereocenters. The Balaban J connectivity index is 1.21. The van der Waals surface area contributed by atoms with Crippen LogP contribution in [0, 0.1) is 28.6 Å². The lowest BCUT2D eigenvalue weighted by Gasteiger charge is -2.57. The fourth-order valence-corrected chi connectivity index (χ4v) is 7.93. The van der Waals surface area contributed by atoms with Crippen LogP contribution in [0.5, 0.6) is 0 Å². The molecule has 0 spiro atoms. The summed E-state index contributed by atoms with van der Waals surface area (Å²) in [5.41, 5.74) is 3.06. The lowest BCUT2D eigenvalue weighted by atomic mass is 9.47. The number of carbonyl (C=O) groups excluding carboxylic acids is 1. The number of aliphatic hydroxyl groups is 1. The molecule has 4 aliphatic carbocycles. The van der Waals surface area contributed by atoms with Crippen molar-refractivity contribution in [2.24, 2.45) is 33.7 Å². The molecule has 0 heterocycles. The van der Waals surface area contributed by atoms with Gasteiger partial charge in [-0.1, -0.05) is 54.9 Å². The number of benzene rings is 1. The molecule has 0 saturated heterocycles. The molecule has 3 fully saturated rings. The number of carboxylic acid groups (broad SMARTS) is 1. The van der Waals surface area contributed by atoms with Crippen LogP contribution in [-0.4, -0.2) is 40.5 Å². The molecule has 3 saturated carbocycles. The minimum atomic E-state index is -1.12. The van der Waals surface area contributed by atoms with E-state index < -0.39 is 17.9 Å². The zero-order chi connectivity index (χ0) is 25.5. The Bertz CT molecular complexity index is 1070. The zero-order valence-electron chi connectivity index (χ0n) is 21.3. The molecule has 4 aliphatic rings. The van der Waals surface area contributed by atoms with E-state index in [0.29, 0.717) is 23.3 Å². The predicted octanol–water partition coefficient (Wildman–Crippen LogP) is 4.62. The predicted molar refractivity (Wildman–Crippen MR) is 136 cm³/mol. The van der Waals surface area contributed by atoms with E-state index in [9.17, 15) is 19.8 Å². The molecule has 0 bridgehead atoms. The maximum atomic E-state index is 12.3. The molecule has 1 aromatic carbocycles. The molecule has 0 aliphatic heterocycles. The SMILES string of the molecule is C[C@]12CC[C@H]3[C@@H](CCC4=C/C(=N/OCC(=O)N[C@@H](C(=O)O)c5ccccc5)CC[C@@]43C)[C@@H]1CC[C@H]2O. The number of hydrogen-bond donors (Lipinski definition) is 3. The van der Waals surface area contributed by atoms with Crippen molar-refractivity contribution in [1.82, 2.24) is 5.32 Å². The van der Waals surface area contributed by atoms with Crippen molar-refractivity contribution in [3.8, 4) is 0 Å². The summed E-state index contributed by atoms with van der Waals surface area (Å²) in [5.74, 6) is 0.330. The maximum absolute atomic E-state index is 12.3. The van der Waals surface area contributed by atoms with Gasteiger partial charge in [0, 0.05) is 0 Å². The van der Waals surface area contributed by atoms with Gasteiger partial charge in [-0.2, -0.15) is 0 Å². The van der Waals surface area contributed by atoms with Crippen LogP contribution in [0.1, 0.15) is 76.8 Å². The molecular formula is C29H38N2O5. The van der Waals surface area contributed by atoms with Gasteiger partial charge in [0.1, 0.15) is 0 Å². The molecule has 1 amide bonds. The first kappa shape index (κ1) is 25.0. The first-order chi connectivity index (χ1) is 17.2. The molecule has 7 nitrogen and oxygen atoms in total. The second kappa shape index (κ2) is 9.66. The minimum absolute atomic E-state index is 0.0919. The number of nitrogens with one attached hydrogen (secondary N) is 1. The number of nitrogens with zero attached hydrogens (tertiary/aromatic N) is 1. The van der Waals surface area contributed by atoms with Crippen LogP contribution in [0.4, 0.5) is 0 Å². The average Bonchev–Trinajstić information content (AvgIpc) is 3.17. The van der Waals surface area contributed by atoms with E-state index >= 15 is 0 Å². The lowest BCUT2D eigenvalue weighted by Crippen LogP contribution is -2.51. The summed E-state index contributed by atoms with van der Waals surface area (Å²) in [5, 5.41) is 26.9. The highest BCUT2D eigenvalue weighted by Crippen LogP contribution is 2.65. The number of rotatable bonds is 6. The number of carbonyl (C=O) groups is 2. The molecular weight excluding hydrogens is 456 g/mol. The second-order valence-corrected chi connectivity index (χ2v) is 11.7. The Kier molecular flexibility index (Phi) is 6.70.